The van der Waals surface area contributed by atoms with Gasteiger partial charge in [-0.05, 0) is 78.4 Å². The van der Waals surface area contributed by atoms with Gasteiger partial charge in [-0.3, -0.25) is 4.79 Å². The van der Waals surface area contributed by atoms with Gasteiger partial charge in [0.1, 0.15) is 5.69 Å². The van der Waals surface area contributed by atoms with Gasteiger partial charge in [-0.15, -0.1) is 0 Å². The summed E-state index contributed by atoms with van der Waals surface area (Å²) in [5, 5.41) is 15.8. The van der Waals surface area contributed by atoms with Gasteiger partial charge in [0.05, 0.1) is 23.9 Å². The van der Waals surface area contributed by atoms with Crippen molar-refractivity contribution in [2.45, 2.75) is 43.9 Å². The lowest BCUT2D eigenvalue weighted by atomic mass is 9.83. The zero-order chi connectivity index (χ0) is 31.6. The number of alkyl halides is 6. The summed E-state index contributed by atoms with van der Waals surface area (Å²) in [7, 11) is 1.54. The topological polar surface area (TPSA) is 96.4 Å². The van der Waals surface area contributed by atoms with E-state index < -0.39 is 41.3 Å². The van der Waals surface area contributed by atoms with E-state index in [9.17, 15) is 36.2 Å². The number of pyridine rings is 2. The zero-order valence-electron chi connectivity index (χ0n) is 23.1. The second-order valence-corrected chi connectivity index (χ2v) is 10.2. The number of hydrogen-bond acceptors (Lipinski definition) is 6. The highest BCUT2D eigenvalue weighted by atomic mass is 19.4. The Bertz CT molecular complexity index is 1640. The van der Waals surface area contributed by atoms with E-state index in [1.807, 2.05) is 30.3 Å². The summed E-state index contributed by atoms with van der Waals surface area (Å²) in [6, 6.07) is 14.4. The minimum Gasteiger partial charge on any atom is -0.481 e. The highest BCUT2D eigenvalue weighted by Gasteiger charge is 2.37. The number of halogens is 6. The second-order valence-electron chi connectivity index (χ2n) is 10.2. The number of hydrogen-bond donors (Lipinski definition) is 3. The highest BCUT2D eigenvalue weighted by Crippen LogP contribution is 2.38. The Morgan fingerprint density at radius 3 is 2.32 bits per heavy atom. The van der Waals surface area contributed by atoms with Gasteiger partial charge < -0.3 is 20.5 Å². The molecule has 3 N–H and O–H groups in total. The second kappa shape index (κ2) is 12.2. The molecule has 7 nitrogen and oxygen atoms in total. The first kappa shape index (κ1) is 30.8. The first-order valence-corrected chi connectivity index (χ1v) is 13.5. The Balaban J connectivity index is 1.32. The Labute approximate surface area is 247 Å². The summed E-state index contributed by atoms with van der Waals surface area (Å²) in [5.74, 6) is -0.0811. The molecule has 0 bridgehead atoms. The van der Waals surface area contributed by atoms with Crippen LogP contribution >= 0.6 is 0 Å². The van der Waals surface area contributed by atoms with Gasteiger partial charge >= 0.3 is 12.4 Å². The third kappa shape index (κ3) is 6.77. The van der Waals surface area contributed by atoms with Crippen LogP contribution in [-0.4, -0.2) is 34.1 Å². The smallest absolute Gasteiger partial charge is 0.416 e. The van der Waals surface area contributed by atoms with Gasteiger partial charge in [-0.1, -0.05) is 24.3 Å². The van der Waals surface area contributed by atoms with Crippen molar-refractivity contribution in [1.82, 2.24) is 15.3 Å². The fourth-order valence-corrected chi connectivity index (χ4v) is 5.18. The van der Waals surface area contributed by atoms with Crippen LogP contribution in [0.15, 0.2) is 72.9 Å². The van der Waals surface area contributed by atoms with E-state index in [4.69, 9.17) is 4.74 Å². The SMILES string of the molecule is COc1ncccc1-c1cccc2c1CC(NC(=O)c1cccc(C(O)Nc3cc(C(F)(F)F)cc(C(F)(F)F)c3)n1)CC2. The van der Waals surface area contributed by atoms with Crippen LogP contribution in [0.2, 0.25) is 0 Å². The lowest BCUT2D eigenvalue weighted by Crippen LogP contribution is -2.39. The number of fused-ring (bicyclic) bond motifs is 1. The molecule has 0 aliphatic heterocycles. The Morgan fingerprint density at radius 2 is 1.64 bits per heavy atom. The molecule has 1 aliphatic rings. The van der Waals surface area contributed by atoms with E-state index >= 15 is 0 Å². The number of rotatable bonds is 7. The van der Waals surface area contributed by atoms with Crippen molar-refractivity contribution in [3.63, 3.8) is 0 Å². The Morgan fingerprint density at radius 1 is 0.955 bits per heavy atom. The first-order valence-electron chi connectivity index (χ1n) is 13.5. The van der Waals surface area contributed by atoms with E-state index in [0.717, 1.165) is 22.3 Å². The number of anilines is 1. The van der Waals surface area contributed by atoms with E-state index in [-0.39, 0.29) is 23.5 Å². The van der Waals surface area contributed by atoms with Crippen molar-refractivity contribution in [3.8, 4) is 17.0 Å². The van der Waals surface area contributed by atoms with Gasteiger partial charge in [0.25, 0.3) is 5.91 Å². The molecule has 0 fully saturated rings. The fourth-order valence-electron chi connectivity index (χ4n) is 5.18. The predicted octanol–water partition coefficient (Wildman–Crippen LogP) is 6.58. The maximum atomic E-state index is 13.2. The Kier molecular flexibility index (Phi) is 8.51. The highest BCUT2D eigenvalue weighted by molar-refractivity contribution is 5.92. The van der Waals surface area contributed by atoms with Gasteiger partial charge in [0.2, 0.25) is 5.88 Å². The van der Waals surface area contributed by atoms with Gasteiger partial charge in [0.15, 0.2) is 6.23 Å². The maximum Gasteiger partial charge on any atom is 0.416 e. The fraction of sp³-hybridized carbons (Fsp3) is 0.258. The first-order chi connectivity index (χ1) is 20.8. The number of benzene rings is 2. The van der Waals surface area contributed by atoms with E-state index in [1.165, 1.54) is 25.3 Å². The molecule has 2 heterocycles. The van der Waals surface area contributed by atoms with E-state index in [0.29, 0.717) is 37.3 Å². The molecule has 13 heteroatoms. The van der Waals surface area contributed by atoms with Gasteiger partial charge in [0, 0.05) is 23.5 Å². The molecule has 1 aliphatic carbocycles. The van der Waals surface area contributed by atoms with Crippen molar-refractivity contribution < 1.29 is 41.0 Å². The molecular weight excluding hydrogens is 590 g/mol. The molecule has 2 atom stereocenters. The number of aryl methyl sites for hydroxylation is 1. The minimum atomic E-state index is -5.05. The number of carbonyl (C=O) groups excluding carboxylic acids is 1. The van der Waals surface area contributed by atoms with Crippen LogP contribution in [0.3, 0.4) is 0 Å². The number of amides is 1. The molecular formula is C31H26F6N4O3. The van der Waals surface area contributed by atoms with Crippen molar-refractivity contribution in [2.75, 3.05) is 12.4 Å². The molecule has 1 amide bonds. The third-order valence-electron chi connectivity index (χ3n) is 7.25. The number of carbonyl (C=O) groups is 1. The summed E-state index contributed by atoms with van der Waals surface area (Å²) < 4.78 is 84.8. The number of nitrogens with zero attached hydrogens (tertiary/aromatic N) is 2. The molecule has 0 saturated heterocycles. The normalized spacial score (nSPS) is 15.7. The zero-order valence-corrected chi connectivity index (χ0v) is 23.1. The van der Waals surface area contributed by atoms with Crippen LogP contribution in [0, 0.1) is 0 Å². The number of aliphatic hydroxyl groups is 1. The minimum absolute atomic E-state index is 0.0133. The number of aromatic nitrogens is 2. The van der Waals surface area contributed by atoms with Gasteiger partial charge in [-0.2, -0.15) is 26.3 Å². The standard InChI is InChI=1S/C31H26F6N4O3/c1-44-29-23(7-4-12-38-29)22-6-2-5-17-10-11-20(16-24(17)22)39-27(42)25-8-3-9-26(41-25)28(43)40-21-14-18(30(32,33)34)13-19(15-21)31(35,36)37/h2-9,12-15,20,28,40,43H,10-11,16H2,1H3,(H,39,42). The predicted molar refractivity (Wildman–Crippen MR) is 149 cm³/mol. The summed E-state index contributed by atoms with van der Waals surface area (Å²) in [4.78, 5) is 21.6. The van der Waals surface area contributed by atoms with Crippen LogP contribution in [0.5, 0.6) is 5.88 Å². The molecule has 2 unspecified atom stereocenters. The lowest BCUT2D eigenvalue weighted by molar-refractivity contribution is -0.143. The average Bonchev–Trinajstić information content (AvgIpc) is 2.99. The summed E-state index contributed by atoms with van der Waals surface area (Å²) in [5.41, 5.74) is -0.0444. The lowest BCUT2D eigenvalue weighted by Gasteiger charge is -2.27. The van der Waals surface area contributed by atoms with Gasteiger partial charge in [-0.25, -0.2) is 9.97 Å². The largest absolute Gasteiger partial charge is 0.481 e. The molecule has 0 spiro atoms. The third-order valence-corrected chi connectivity index (χ3v) is 7.25. The number of aliphatic hydroxyl groups excluding tert-OH is 1. The quantitative estimate of drug-likeness (QED) is 0.160. The summed E-state index contributed by atoms with van der Waals surface area (Å²) >= 11 is 0. The van der Waals surface area contributed by atoms with Crippen LogP contribution < -0.4 is 15.4 Å². The van der Waals surface area contributed by atoms with Crippen LogP contribution in [0.25, 0.3) is 11.1 Å². The number of methoxy groups -OCH3 is 1. The summed E-state index contributed by atoms with van der Waals surface area (Å²) in [6.07, 6.45) is -8.43. The Hall–Kier alpha value is -4.65. The molecule has 2 aromatic heterocycles. The van der Waals surface area contributed by atoms with Crippen molar-refractivity contribution in [3.05, 3.63) is 107 Å². The van der Waals surface area contributed by atoms with Crippen molar-refractivity contribution in [1.29, 1.82) is 0 Å². The molecule has 5 rings (SSSR count). The molecule has 4 aromatic rings. The maximum absolute atomic E-state index is 13.2. The summed E-state index contributed by atoms with van der Waals surface area (Å²) in [6.45, 7) is 0. The van der Waals surface area contributed by atoms with Crippen molar-refractivity contribution in [2.24, 2.45) is 0 Å². The molecule has 230 valence electrons. The van der Waals surface area contributed by atoms with E-state index in [2.05, 4.69) is 20.6 Å². The van der Waals surface area contributed by atoms with Crippen molar-refractivity contribution >= 4 is 11.6 Å². The van der Waals surface area contributed by atoms with Crippen LogP contribution in [0.1, 0.15) is 51.1 Å². The molecule has 44 heavy (non-hydrogen) atoms. The average molecular weight is 617 g/mol. The monoisotopic (exact) mass is 616 g/mol. The number of ether oxygens (including phenoxy) is 1. The van der Waals surface area contributed by atoms with E-state index in [1.54, 1.807) is 6.20 Å². The van der Waals surface area contributed by atoms with Crippen LogP contribution in [0.4, 0.5) is 32.0 Å². The molecule has 0 radical (unpaired) electrons. The molecule has 0 saturated carbocycles. The molecule has 2 aromatic carbocycles. The number of nitrogens with one attached hydrogen (secondary N) is 2. The van der Waals surface area contributed by atoms with Crippen LogP contribution in [-0.2, 0) is 25.2 Å².